The Hall–Kier alpha value is -3.26. The van der Waals surface area contributed by atoms with Gasteiger partial charge in [0.1, 0.15) is 17.3 Å². The number of carbonyl (C=O) groups excluding carboxylic acids is 1. The number of amides is 1. The second kappa shape index (κ2) is 8.40. The fourth-order valence-corrected chi connectivity index (χ4v) is 3.41. The van der Waals surface area contributed by atoms with Gasteiger partial charge in [0.25, 0.3) is 5.91 Å². The topological polar surface area (TPSA) is 81.1 Å². The molecule has 1 saturated heterocycles. The van der Waals surface area contributed by atoms with E-state index >= 15 is 0 Å². The predicted molar refractivity (Wildman–Crippen MR) is 107 cm³/mol. The lowest BCUT2D eigenvalue weighted by molar-refractivity contribution is 0.102. The Morgan fingerprint density at radius 1 is 1.17 bits per heavy atom. The van der Waals surface area contributed by atoms with E-state index in [0.29, 0.717) is 22.9 Å². The van der Waals surface area contributed by atoms with Crippen molar-refractivity contribution in [1.82, 2.24) is 20.3 Å². The van der Waals surface area contributed by atoms with Crippen molar-refractivity contribution in [3.8, 4) is 11.5 Å². The summed E-state index contributed by atoms with van der Waals surface area (Å²) in [5.41, 5.74) is 1.70. The van der Waals surface area contributed by atoms with Crippen LogP contribution in [0.2, 0.25) is 0 Å². The van der Waals surface area contributed by atoms with Crippen molar-refractivity contribution in [1.29, 1.82) is 0 Å². The lowest BCUT2D eigenvalue weighted by Gasteiger charge is -2.23. The molecule has 7 nitrogen and oxygen atoms in total. The number of ether oxygens (including phenoxy) is 1. The number of piperidine rings is 1. The summed E-state index contributed by atoms with van der Waals surface area (Å²) >= 11 is 0. The van der Waals surface area contributed by atoms with Crippen molar-refractivity contribution in [3.05, 3.63) is 65.7 Å². The van der Waals surface area contributed by atoms with E-state index in [2.05, 4.69) is 20.9 Å². The molecule has 2 heterocycles. The SMILES string of the molecule is Cc1c(C(=O)Nc2ccc(Oc3cccc(F)c3)cc2)nnn1C1CCNCC1. The number of anilines is 1. The summed E-state index contributed by atoms with van der Waals surface area (Å²) in [6.07, 6.45) is 1.94. The van der Waals surface area contributed by atoms with Crippen LogP contribution in [-0.4, -0.2) is 34.0 Å². The largest absolute Gasteiger partial charge is 0.457 e. The van der Waals surface area contributed by atoms with Gasteiger partial charge >= 0.3 is 0 Å². The third kappa shape index (κ3) is 4.43. The molecule has 0 atom stereocenters. The van der Waals surface area contributed by atoms with E-state index in [-0.39, 0.29) is 17.8 Å². The zero-order valence-electron chi connectivity index (χ0n) is 16.1. The highest BCUT2D eigenvalue weighted by atomic mass is 19.1. The first-order chi connectivity index (χ1) is 14.1. The predicted octanol–water partition coefficient (Wildman–Crippen LogP) is 3.69. The molecule has 150 valence electrons. The van der Waals surface area contributed by atoms with Crippen LogP contribution in [0.5, 0.6) is 11.5 Å². The van der Waals surface area contributed by atoms with E-state index in [9.17, 15) is 9.18 Å². The number of rotatable bonds is 5. The van der Waals surface area contributed by atoms with E-state index in [1.54, 1.807) is 36.4 Å². The quantitative estimate of drug-likeness (QED) is 0.689. The zero-order valence-corrected chi connectivity index (χ0v) is 16.1. The van der Waals surface area contributed by atoms with E-state index in [1.807, 2.05) is 11.6 Å². The monoisotopic (exact) mass is 395 g/mol. The molecule has 8 heteroatoms. The van der Waals surface area contributed by atoms with Gasteiger partial charge in [-0.3, -0.25) is 4.79 Å². The van der Waals surface area contributed by atoms with Crippen molar-refractivity contribution >= 4 is 11.6 Å². The summed E-state index contributed by atoms with van der Waals surface area (Å²) < 4.78 is 20.7. The maximum atomic E-state index is 13.2. The third-order valence-corrected chi connectivity index (χ3v) is 4.94. The Labute approximate surface area is 167 Å². The van der Waals surface area contributed by atoms with Crippen molar-refractivity contribution in [2.75, 3.05) is 18.4 Å². The number of nitrogens with zero attached hydrogens (tertiary/aromatic N) is 3. The van der Waals surface area contributed by atoms with Crippen LogP contribution in [0.1, 0.15) is 35.1 Å². The van der Waals surface area contributed by atoms with Crippen LogP contribution in [0.4, 0.5) is 10.1 Å². The summed E-state index contributed by atoms with van der Waals surface area (Å²) in [4.78, 5) is 12.6. The van der Waals surface area contributed by atoms with Gasteiger partial charge in [-0.25, -0.2) is 9.07 Å². The molecule has 1 amide bonds. The molecule has 0 unspecified atom stereocenters. The Kier molecular flexibility index (Phi) is 5.53. The number of hydrogen-bond donors (Lipinski definition) is 2. The van der Waals surface area contributed by atoms with Crippen LogP contribution < -0.4 is 15.4 Å². The maximum absolute atomic E-state index is 13.2. The maximum Gasteiger partial charge on any atom is 0.278 e. The number of halogens is 1. The first-order valence-corrected chi connectivity index (χ1v) is 9.57. The highest BCUT2D eigenvalue weighted by molar-refractivity contribution is 6.03. The van der Waals surface area contributed by atoms with Gasteiger partial charge in [0, 0.05) is 11.8 Å². The fourth-order valence-electron chi connectivity index (χ4n) is 3.41. The average Bonchev–Trinajstić information content (AvgIpc) is 3.12. The van der Waals surface area contributed by atoms with E-state index in [4.69, 9.17) is 4.74 Å². The van der Waals surface area contributed by atoms with Crippen LogP contribution in [-0.2, 0) is 0 Å². The summed E-state index contributed by atoms with van der Waals surface area (Å²) in [5.74, 6) is 0.286. The van der Waals surface area contributed by atoms with Crippen molar-refractivity contribution in [2.45, 2.75) is 25.8 Å². The van der Waals surface area contributed by atoms with E-state index in [0.717, 1.165) is 31.6 Å². The second-order valence-corrected chi connectivity index (χ2v) is 6.99. The summed E-state index contributed by atoms with van der Waals surface area (Å²) in [5, 5.41) is 14.4. The Bertz CT molecular complexity index is 997. The minimum atomic E-state index is -0.362. The Morgan fingerprint density at radius 3 is 2.66 bits per heavy atom. The van der Waals surface area contributed by atoms with Gasteiger partial charge in [-0.15, -0.1) is 5.10 Å². The minimum absolute atomic E-state index is 0.268. The van der Waals surface area contributed by atoms with Crippen molar-refractivity contribution < 1.29 is 13.9 Å². The molecule has 4 rings (SSSR count). The van der Waals surface area contributed by atoms with Crippen LogP contribution in [0.3, 0.4) is 0 Å². The molecule has 29 heavy (non-hydrogen) atoms. The minimum Gasteiger partial charge on any atom is -0.457 e. The first kappa shape index (κ1) is 19.1. The van der Waals surface area contributed by atoms with Gasteiger partial charge in [0.2, 0.25) is 0 Å². The van der Waals surface area contributed by atoms with Gasteiger partial charge in [-0.2, -0.15) is 0 Å². The Morgan fingerprint density at radius 2 is 1.93 bits per heavy atom. The van der Waals surface area contributed by atoms with Crippen LogP contribution in [0, 0.1) is 12.7 Å². The van der Waals surface area contributed by atoms with Crippen LogP contribution in [0.15, 0.2) is 48.5 Å². The zero-order chi connectivity index (χ0) is 20.2. The molecule has 0 spiro atoms. The number of carbonyl (C=O) groups is 1. The summed E-state index contributed by atoms with van der Waals surface area (Å²) in [6, 6.07) is 13.0. The molecule has 0 radical (unpaired) electrons. The van der Waals surface area contributed by atoms with Gasteiger partial charge < -0.3 is 15.4 Å². The van der Waals surface area contributed by atoms with Gasteiger partial charge in [0.05, 0.1) is 11.7 Å². The molecule has 0 saturated carbocycles. The molecule has 2 N–H and O–H groups in total. The lowest BCUT2D eigenvalue weighted by atomic mass is 10.1. The standard InChI is InChI=1S/C21H22FN5O2/c1-14-20(25-26-27(14)17-9-11-23-12-10-17)21(28)24-16-5-7-18(8-6-16)29-19-4-2-3-15(22)13-19/h2-8,13,17,23H,9-12H2,1H3,(H,24,28). The highest BCUT2D eigenvalue weighted by Gasteiger charge is 2.22. The Balaban J connectivity index is 1.41. The third-order valence-electron chi connectivity index (χ3n) is 4.94. The number of nitrogens with one attached hydrogen (secondary N) is 2. The molecule has 1 aromatic heterocycles. The van der Waals surface area contributed by atoms with E-state index in [1.165, 1.54) is 12.1 Å². The molecule has 1 aliphatic heterocycles. The van der Waals surface area contributed by atoms with Gasteiger partial charge in [-0.05, 0) is 69.3 Å². The summed E-state index contributed by atoms with van der Waals surface area (Å²) in [7, 11) is 0. The van der Waals surface area contributed by atoms with Gasteiger partial charge in [0.15, 0.2) is 5.69 Å². The lowest BCUT2D eigenvalue weighted by Crippen LogP contribution is -2.30. The van der Waals surface area contributed by atoms with Crippen molar-refractivity contribution in [3.63, 3.8) is 0 Å². The molecule has 0 bridgehead atoms. The van der Waals surface area contributed by atoms with Gasteiger partial charge in [-0.1, -0.05) is 11.3 Å². The molecule has 3 aromatic rings. The van der Waals surface area contributed by atoms with Crippen LogP contribution >= 0.6 is 0 Å². The smallest absolute Gasteiger partial charge is 0.278 e. The molecule has 2 aromatic carbocycles. The normalized spacial score (nSPS) is 14.6. The number of aromatic nitrogens is 3. The number of benzene rings is 2. The van der Waals surface area contributed by atoms with E-state index < -0.39 is 0 Å². The molecular weight excluding hydrogens is 373 g/mol. The molecule has 0 aliphatic carbocycles. The first-order valence-electron chi connectivity index (χ1n) is 9.57. The average molecular weight is 395 g/mol. The highest BCUT2D eigenvalue weighted by Crippen LogP contribution is 2.24. The molecule has 1 fully saturated rings. The number of hydrogen-bond acceptors (Lipinski definition) is 5. The van der Waals surface area contributed by atoms with Crippen molar-refractivity contribution in [2.24, 2.45) is 0 Å². The fraction of sp³-hybridized carbons (Fsp3) is 0.286. The van der Waals surface area contributed by atoms with Crippen LogP contribution in [0.25, 0.3) is 0 Å². The molecule has 1 aliphatic rings. The second-order valence-electron chi connectivity index (χ2n) is 6.99. The molecular formula is C21H22FN5O2. The summed E-state index contributed by atoms with van der Waals surface area (Å²) in [6.45, 7) is 3.75.